The summed E-state index contributed by atoms with van der Waals surface area (Å²) >= 11 is 0. The van der Waals surface area contributed by atoms with E-state index in [1.807, 2.05) is 36.4 Å². The molecule has 1 aromatic heterocycles. The fraction of sp³-hybridized carbons (Fsp3) is 0.172. The van der Waals surface area contributed by atoms with Crippen molar-refractivity contribution in [3.63, 3.8) is 0 Å². The monoisotopic (exact) mass is 554 g/mol. The number of para-hydroxylation sites is 1. The third kappa shape index (κ3) is 6.80. The molecule has 0 bridgehead atoms. The largest absolute Gasteiger partial charge is 1.00 e. The third-order valence-electron chi connectivity index (χ3n) is 5.93. The Balaban J connectivity index is 0.00000420. The van der Waals surface area contributed by atoms with Gasteiger partial charge in [0.25, 0.3) is 0 Å². The Bertz CT molecular complexity index is 1610. The van der Waals surface area contributed by atoms with Gasteiger partial charge in [0.2, 0.25) is 0 Å². The summed E-state index contributed by atoms with van der Waals surface area (Å²) in [4.78, 5) is 27.8. The molecule has 8 nitrogen and oxygen atoms in total. The number of ketones is 1. The number of sulfonamides is 1. The molecule has 3 aromatic carbocycles. The topological polar surface area (TPSA) is 117 Å². The van der Waals surface area contributed by atoms with Gasteiger partial charge in [0.1, 0.15) is 21.5 Å². The Labute approximate surface area is 249 Å². The zero-order valence-electron chi connectivity index (χ0n) is 22.4. The number of allylic oxidation sites excluding steroid dienone is 1. The second kappa shape index (κ2) is 12.7. The number of carbonyl (C=O) groups excluding carboxylic acids is 2. The molecule has 0 aliphatic rings. The number of methoxy groups -OCH3 is 2. The van der Waals surface area contributed by atoms with Crippen molar-refractivity contribution in [2.24, 2.45) is 5.92 Å². The van der Waals surface area contributed by atoms with Crippen LogP contribution in [0, 0.1) is 5.92 Å². The Morgan fingerprint density at radius 3 is 2.21 bits per heavy atom. The van der Waals surface area contributed by atoms with Crippen LogP contribution in [0.25, 0.3) is 33.0 Å². The first kappa shape index (κ1) is 30.2. The Hall–Kier alpha value is -3.37. The van der Waals surface area contributed by atoms with Crippen LogP contribution in [0.1, 0.15) is 29.8 Å². The summed E-state index contributed by atoms with van der Waals surface area (Å²) in [5.74, 6) is -0.483. The maximum absolute atomic E-state index is 12.9. The van der Waals surface area contributed by atoms with Crippen LogP contribution in [0.3, 0.4) is 0 Å². The zero-order valence-corrected chi connectivity index (χ0v) is 25.2. The molecule has 0 fully saturated rings. The van der Waals surface area contributed by atoms with Crippen LogP contribution < -0.4 is 39.0 Å². The molecule has 0 radical (unpaired) electrons. The average Bonchev–Trinajstić information content (AvgIpc) is 3.35. The van der Waals surface area contributed by atoms with Gasteiger partial charge >= 0.3 is 29.6 Å². The number of amides is 1. The molecule has 0 atom stereocenters. The van der Waals surface area contributed by atoms with Gasteiger partial charge in [-0.3, -0.25) is 4.79 Å². The van der Waals surface area contributed by atoms with Gasteiger partial charge in [-0.1, -0.05) is 32.0 Å². The molecule has 0 saturated carbocycles. The summed E-state index contributed by atoms with van der Waals surface area (Å²) in [6.07, 6.45) is 3.02. The second-order valence-corrected chi connectivity index (χ2v) is 10.5. The van der Waals surface area contributed by atoms with Crippen molar-refractivity contribution < 1.29 is 57.0 Å². The second-order valence-electron chi connectivity index (χ2n) is 8.85. The molecule has 1 amide bonds. The molecule has 4 aromatic rings. The van der Waals surface area contributed by atoms with Gasteiger partial charge in [-0.05, 0) is 60.5 Å². The summed E-state index contributed by atoms with van der Waals surface area (Å²) in [6, 6.07) is 18.9. The van der Waals surface area contributed by atoms with Crippen LogP contribution >= 0.6 is 0 Å². The Morgan fingerprint density at radius 2 is 1.59 bits per heavy atom. The Morgan fingerprint density at radius 1 is 0.923 bits per heavy atom. The van der Waals surface area contributed by atoms with Crippen molar-refractivity contribution in [2.45, 2.75) is 18.7 Å². The van der Waals surface area contributed by atoms with E-state index in [0.717, 1.165) is 22.2 Å². The van der Waals surface area contributed by atoms with Crippen molar-refractivity contribution in [1.82, 2.24) is 4.98 Å². The first-order valence-electron chi connectivity index (χ1n) is 11.8. The number of hydrogen-bond acceptors (Lipinski definition) is 6. The first-order valence-corrected chi connectivity index (χ1v) is 13.3. The maximum atomic E-state index is 12.9. The van der Waals surface area contributed by atoms with Crippen LogP contribution in [0.2, 0.25) is 0 Å². The molecule has 0 spiro atoms. The van der Waals surface area contributed by atoms with Crippen molar-refractivity contribution in [3.8, 4) is 22.8 Å². The predicted octanol–water partition coefficient (Wildman–Crippen LogP) is 3.00. The van der Waals surface area contributed by atoms with E-state index in [9.17, 15) is 18.0 Å². The number of aromatic amines is 1. The predicted molar refractivity (Wildman–Crippen MR) is 147 cm³/mol. The average molecular weight is 555 g/mol. The van der Waals surface area contributed by atoms with Gasteiger partial charge in [0, 0.05) is 33.7 Å². The van der Waals surface area contributed by atoms with Crippen molar-refractivity contribution in [3.05, 3.63) is 88.7 Å². The third-order valence-corrected chi connectivity index (χ3v) is 7.22. The summed E-state index contributed by atoms with van der Waals surface area (Å²) in [5.41, 5.74) is 3.56. The molecule has 0 aliphatic carbocycles. The number of ether oxygens (including phenoxy) is 2. The number of nitrogens with zero attached hydrogens (tertiary/aromatic N) is 1. The number of H-pyrrole nitrogens is 1. The van der Waals surface area contributed by atoms with Crippen LogP contribution in [0.15, 0.2) is 77.7 Å². The van der Waals surface area contributed by atoms with Gasteiger partial charge in [0.05, 0.1) is 30.7 Å². The fourth-order valence-corrected chi connectivity index (χ4v) is 4.85. The molecule has 196 valence electrons. The molecular formula is C29H27N2NaO6S. The van der Waals surface area contributed by atoms with E-state index in [2.05, 4.69) is 9.71 Å². The minimum atomic E-state index is -4.14. The quantitative estimate of drug-likeness (QED) is 0.193. The summed E-state index contributed by atoms with van der Waals surface area (Å²) in [5, 5.41) is 1.06. The van der Waals surface area contributed by atoms with Gasteiger partial charge < -0.3 is 24.0 Å². The number of rotatable bonds is 9. The molecule has 1 heterocycles. The molecular weight excluding hydrogens is 527 g/mol. The minimum Gasteiger partial charge on any atom is -0.542 e. The summed E-state index contributed by atoms with van der Waals surface area (Å²) in [7, 11) is -1.03. The van der Waals surface area contributed by atoms with E-state index in [4.69, 9.17) is 9.47 Å². The van der Waals surface area contributed by atoms with E-state index in [0.29, 0.717) is 17.1 Å². The molecule has 0 unspecified atom stereocenters. The van der Waals surface area contributed by atoms with E-state index in [1.165, 1.54) is 37.5 Å². The zero-order chi connectivity index (χ0) is 27.4. The van der Waals surface area contributed by atoms with E-state index in [1.54, 1.807) is 33.1 Å². The molecule has 10 heteroatoms. The number of hydrogen-bond donors (Lipinski definition) is 1. The molecule has 1 N–H and O–H groups in total. The number of carbonyl (C=O) groups is 2. The van der Waals surface area contributed by atoms with Crippen LogP contribution in [-0.4, -0.2) is 39.3 Å². The number of aromatic nitrogens is 1. The molecule has 0 aliphatic heterocycles. The van der Waals surface area contributed by atoms with Gasteiger partial charge in [0.15, 0.2) is 5.78 Å². The van der Waals surface area contributed by atoms with Crippen LogP contribution in [0.5, 0.6) is 11.5 Å². The van der Waals surface area contributed by atoms with E-state index >= 15 is 0 Å². The first-order chi connectivity index (χ1) is 18.1. The van der Waals surface area contributed by atoms with Gasteiger partial charge in [-0.2, -0.15) is 0 Å². The minimum absolute atomic E-state index is 0. The molecule has 39 heavy (non-hydrogen) atoms. The smallest absolute Gasteiger partial charge is 0.542 e. The molecule has 0 saturated heterocycles. The van der Waals surface area contributed by atoms with E-state index in [-0.39, 0.29) is 45.8 Å². The van der Waals surface area contributed by atoms with Crippen molar-refractivity contribution in [2.75, 3.05) is 14.2 Å². The normalized spacial score (nSPS) is 11.4. The number of fused-ring (bicyclic) bond motifs is 1. The summed E-state index contributed by atoms with van der Waals surface area (Å²) in [6.45, 7) is 3.13. The maximum Gasteiger partial charge on any atom is 1.00 e. The van der Waals surface area contributed by atoms with Crippen molar-refractivity contribution in [1.29, 1.82) is 0 Å². The SMILES string of the molecule is COc1cc(OC)c(-c2cc3ccccc3[nH]2)cc1/C=C/C(=O)c1ccc(S(=O)(=O)[N-]C(=O)C(C)C)cc1.[Na+]. The number of benzene rings is 3. The van der Waals surface area contributed by atoms with Crippen molar-refractivity contribution >= 4 is 38.7 Å². The number of nitrogens with one attached hydrogen (secondary N) is 1. The molecule has 4 rings (SSSR count). The van der Waals surface area contributed by atoms with Gasteiger partial charge in [-0.15, -0.1) is 0 Å². The Kier molecular flexibility index (Phi) is 9.79. The standard InChI is InChI=1S/C29H28N2O6S.Na/c1-18(2)29(33)31-38(34,35)22-12-9-19(10-13-22)26(32)14-11-21-15-23(28(37-4)17-27(21)36-3)25-16-20-7-5-6-8-24(20)30-25;/h5-18,30H,1-4H3,(H,31,33);/q;+1/p-1/b14-11+;. The fourth-order valence-electron chi connectivity index (χ4n) is 3.81. The van der Waals surface area contributed by atoms with Crippen LogP contribution in [0.4, 0.5) is 0 Å². The summed E-state index contributed by atoms with van der Waals surface area (Å²) < 4.78 is 39.1. The van der Waals surface area contributed by atoms with Gasteiger partial charge in [-0.25, -0.2) is 8.42 Å². The van der Waals surface area contributed by atoms with Crippen LogP contribution in [-0.2, 0) is 14.8 Å². The van der Waals surface area contributed by atoms with E-state index < -0.39 is 21.8 Å².